The van der Waals surface area contributed by atoms with Crippen LogP contribution in [0.5, 0.6) is 0 Å². The number of hydrogen-bond donors (Lipinski definition) is 2. The molecular weight excluding hydrogens is 321 g/mol. The summed E-state index contributed by atoms with van der Waals surface area (Å²) < 4.78 is 18.2. The molecule has 1 amide bonds. The second kappa shape index (κ2) is 7.96. The minimum atomic E-state index is -0.540. The third kappa shape index (κ3) is 6.06. The molecule has 0 aliphatic rings. The van der Waals surface area contributed by atoms with Gasteiger partial charge in [-0.25, -0.2) is 9.18 Å². The number of carbonyl (C=O) groups excluding carboxylic acids is 1. The fraction of sp³-hybridized carbons (Fsp3) is 0.368. The van der Waals surface area contributed by atoms with Gasteiger partial charge in [-0.05, 0) is 63.6 Å². The number of benzene rings is 1. The highest BCUT2D eigenvalue weighted by molar-refractivity contribution is 5.85. The van der Waals surface area contributed by atoms with E-state index in [0.717, 1.165) is 17.8 Å². The Bertz CT molecular complexity index is 694. The first-order valence-electron chi connectivity index (χ1n) is 8.25. The molecule has 1 aromatic carbocycles. The molecule has 0 radical (unpaired) electrons. The maximum atomic E-state index is 13.0. The molecule has 5 nitrogen and oxygen atoms in total. The van der Waals surface area contributed by atoms with Gasteiger partial charge in [-0.3, -0.25) is 10.3 Å². The Labute approximate surface area is 147 Å². The van der Waals surface area contributed by atoms with Gasteiger partial charge in [0.15, 0.2) is 0 Å². The number of anilines is 2. The van der Waals surface area contributed by atoms with Crippen molar-refractivity contribution < 1.29 is 13.9 Å². The van der Waals surface area contributed by atoms with Gasteiger partial charge >= 0.3 is 6.09 Å². The molecule has 0 aliphatic heterocycles. The standard InChI is InChI=1S/C19H24FN3O2/c1-5-16(17-11-6-13(20)12-21-17)22-14-7-9-15(10-8-14)23-18(24)25-19(2,3)4/h6-12,16,22H,5H2,1-4H3,(H,23,24). The van der Waals surface area contributed by atoms with E-state index in [-0.39, 0.29) is 11.9 Å². The van der Waals surface area contributed by atoms with Gasteiger partial charge < -0.3 is 10.1 Å². The third-order valence-electron chi connectivity index (χ3n) is 3.39. The van der Waals surface area contributed by atoms with Crippen LogP contribution in [-0.4, -0.2) is 16.7 Å². The van der Waals surface area contributed by atoms with Crippen molar-refractivity contribution in [3.05, 3.63) is 54.1 Å². The lowest BCUT2D eigenvalue weighted by atomic mass is 10.1. The minimum absolute atomic E-state index is 0.0229. The lowest BCUT2D eigenvalue weighted by molar-refractivity contribution is 0.0636. The van der Waals surface area contributed by atoms with E-state index in [1.54, 1.807) is 18.2 Å². The lowest BCUT2D eigenvalue weighted by Crippen LogP contribution is -2.27. The van der Waals surface area contributed by atoms with Gasteiger partial charge in [0.2, 0.25) is 0 Å². The molecule has 0 bridgehead atoms. The number of nitrogens with one attached hydrogen (secondary N) is 2. The fourth-order valence-electron chi connectivity index (χ4n) is 2.25. The predicted octanol–water partition coefficient (Wildman–Crippen LogP) is 5.13. The van der Waals surface area contributed by atoms with E-state index in [4.69, 9.17) is 4.74 Å². The smallest absolute Gasteiger partial charge is 0.412 e. The SMILES string of the molecule is CCC(Nc1ccc(NC(=O)OC(C)(C)C)cc1)c1ccc(F)cn1. The highest BCUT2D eigenvalue weighted by Crippen LogP contribution is 2.22. The number of hydrogen-bond acceptors (Lipinski definition) is 4. The quantitative estimate of drug-likeness (QED) is 0.788. The lowest BCUT2D eigenvalue weighted by Gasteiger charge is -2.20. The molecule has 2 rings (SSSR count). The first kappa shape index (κ1) is 18.7. The molecule has 2 aromatic rings. The number of aromatic nitrogens is 1. The third-order valence-corrected chi connectivity index (χ3v) is 3.39. The van der Waals surface area contributed by atoms with Gasteiger partial charge in [-0.15, -0.1) is 0 Å². The van der Waals surface area contributed by atoms with Gasteiger partial charge in [-0.1, -0.05) is 6.92 Å². The zero-order valence-corrected chi connectivity index (χ0v) is 15.0. The molecule has 6 heteroatoms. The van der Waals surface area contributed by atoms with E-state index in [2.05, 4.69) is 15.6 Å². The molecule has 0 saturated heterocycles. The van der Waals surface area contributed by atoms with Crippen LogP contribution in [0.15, 0.2) is 42.6 Å². The molecule has 0 saturated carbocycles. The van der Waals surface area contributed by atoms with Crippen LogP contribution in [0.2, 0.25) is 0 Å². The van der Waals surface area contributed by atoms with Crippen molar-refractivity contribution in [3.8, 4) is 0 Å². The van der Waals surface area contributed by atoms with Crippen molar-refractivity contribution in [2.75, 3.05) is 10.6 Å². The summed E-state index contributed by atoms with van der Waals surface area (Å²) in [4.78, 5) is 15.9. The molecule has 0 aliphatic carbocycles. The topological polar surface area (TPSA) is 63.2 Å². The van der Waals surface area contributed by atoms with Crippen LogP contribution in [0.25, 0.3) is 0 Å². The zero-order chi connectivity index (χ0) is 18.4. The van der Waals surface area contributed by atoms with E-state index in [1.807, 2.05) is 39.8 Å². The zero-order valence-electron chi connectivity index (χ0n) is 15.0. The molecule has 1 atom stereocenters. The average molecular weight is 345 g/mol. The monoisotopic (exact) mass is 345 g/mol. The second-order valence-corrected chi connectivity index (χ2v) is 6.71. The largest absolute Gasteiger partial charge is 0.444 e. The Morgan fingerprint density at radius 2 is 1.80 bits per heavy atom. The first-order chi connectivity index (χ1) is 11.8. The van der Waals surface area contributed by atoms with E-state index >= 15 is 0 Å². The highest BCUT2D eigenvalue weighted by atomic mass is 19.1. The number of nitrogens with zero attached hydrogens (tertiary/aromatic N) is 1. The molecule has 0 fully saturated rings. The van der Waals surface area contributed by atoms with Crippen LogP contribution in [-0.2, 0) is 4.74 Å². The second-order valence-electron chi connectivity index (χ2n) is 6.71. The maximum absolute atomic E-state index is 13.0. The minimum Gasteiger partial charge on any atom is -0.444 e. The molecule has 1 heterocycles. The predicted molar refractivity (Wildman–Crippen MR) is 97.1 cm³/mol. The number of ether oxygens (including phenoxy) is 1. The Morgan fingerprint density at radius 1 is 1.16 bits per heavy atom. The summed E-state index contributed by atoms with van der Waals surface area (Å²) in [6, 6.07) is 10.4. The summed E-state index contributed by atoms with van der Waals surface area (Å²) in [5, 5.41) is 6.04. The number of pyridine rings is 1. The van der Waals surface area contributed by atoms with Gasteiger partial charge in [0, 0.05) is 11.4 Å². The Hall–Kier alpha value is -2.63. The molecular formula is C19H24FN3O2. The summed E-state index contributed by atoms with van der Waals surface area (Å²) in [7, 11) is 0. The van der Waals surface area contributed by atoms with E-state index < -0.39 is 11.7 Å². The number of carbonyl (C=O) groups is 1. The molecule has 2 N–H and O–H groups in total. The van der Waals surface area contributed by atoms with Crippen LogP contribution >= 0.6 is 0 Å². The number of amides is 1. The van der Waals surface area contributed by atoms with Gasteiger partial charge in [-0.2, -0.15) is 0 Å². The van der Waals surface area contributed by atoms with Gasteiger partial charge in [0.25, 0.3) is 0 Å². The number of halogens is 1. The molecule has 0 spiro atoms. The molecule has 1 aromatic heterocycles. The van der Waals surface area contributed by atoms with Crippen LogP contribution in [0.4, 0.5) is 20.6 Å². The van der Waals surface area contributed by atoms with Gasteiger partial charge in [0.05, 0.1) is 17.9 Å². The summed E-state index contributed by atoms with van der Waals surface area (Å²) in [6.45, 7) is 7.47. The van der Waals surface area contributed by atoms with E-state index in [1.165, 1.54) is 12.3 Å². The summed E-state index contributed by atoms with van der Waals surface area (Å²) in [5.74, 6) is -0.351. The van der Waals surface area contributed by atoms with Crippen molar-refractivity contribution in [1.29, 1.82) is 0 Å². The molecule has 25 heavy (non-hydrogen) atoms. The van der Waals surface area contributed by atoms with Crippen molar-refractivity contribution in [3.63, 3.8) is 0 Å². The van der Waals surface area contributed by atoms with E-state index in [0.29, 0.717) is 5.69 Å². The van der Waals surface area contributed by atoms with Crippen LogP contribution in [0.3, 0.4) is 0 Å². The van der Waals surface area contributed by atoms with Crippen molar-refractivity contribution in [2.45, 2.75) is 45.8 Å². The summed E-state index contributed by atoms with van der Waals surface area (Å²) in [5.41, 5.74) is 1.77. The maximum Gasteiger partial charge on any atom is 0.412 e. The molecule has 1 unspecified atom stereocenters. The van der Waals surface area contributed by atoms with Crippen LogP contribution in [0.1, 0.15) is 45.9 Å². The van der Waals surface area contributed by atoms with Crippen molar-refractivity contribution in [1.82, 2.24) is 4.98 Å². The Balaban J connectivity index is 1.99. The van der Waals surface area contributed by atoms with Crippen molar-refractivity contribution >= 4 is 17.5 Å². The van der Waals surface area contributed by atoms with Crippen LogP contribution < -0.4 is 10.6 Å². The van der Waals surface area contributed by atoms with Crippen molar-refractivity contribution in [2.24, 2.45) is 0 Å². The Morgan fingerprint density at radius 3 is 2.32 bits per heavy atom. The summed E-state index contributed by atoms with van der Waals surface area (Å²) >= 11 is 0. The Kier molecular flexibility index (Phi) is 5.96. The van der Waals surface area contributed by atoms with Gasteiger partial charge in [0.1, 0.15) is 11.4 Å². The molecule has 134 valence electrons. The van der Waals surface area contributed by atoms with Crippen LogP contribution in [0, 0.1) is 5.82 Å². The summed E-state index contributed by atoms with van der Waals surface area (Å²) in [6.07, 6.45) is 1.53. The number of rotatable bonds is 5. The highest BCUT2D eigenvalue weighted by Gasteiger charge is 2.16. The average Bonchev–Trinajstić information content (AvgIpc) is 2.53. The van der Waals surface area contributed by atoms with E-state index in [9.17, 15) is 9.18 Å². The normalized spacial score (nSPS) is 12.4. The first-order valence-corrected chi connectivity index (χ1v) is 8.25. The fourth-order valence-corrected chi connectivity index (χ4v) is 2.25.